The Morgan fingerprint density at radius 3 is 1.93 bits per heavy atom. The van der Waals surface area contributed by atoms with Crippen LogP contribution in [-0.4, -0.2) is 24.5 Å². The quantitative estimate of drug-likeness (QED) is 0.555. The first kappa shape index (κ1) is 15.0. The molecule has 1 nitrogen and oxygen atoms in total. The van der Waals surface area contributed by atoms with Crippen molar-refractivity contribution in [3.8, 4) is 0 Å². The molecule has 0 radical (unpaired) electrons. The summed E-state index contributed by atoms with van der Waals surface area (Å²) in [5.74, 6) is 1.78. The second-order valence-corrected chi connectivity index (χ2v) is 5.25. The van der Waals surface area contributed by atoms with Gasteiger partial charge in [0.15, 0.2) is 0 Å². The van der Waals surface area contributed by atoms with E-state index in [0.29, 0.717) is 0 Å². The molecule has 92 valence electrons. The Labute approximate surface area is 97.2 Å². The highest BCUT2D eigenvalue weighted by atomic mass is 15.1. The first-order chi connectivity index (χ1) is 7.10. The lowest BCUT2D eigenvalue weighted by Gasteiger charge is -2.20. The van der Waals surface area contributed by atoms with Gasteiger partial charge in [0.2, 0.25) is 0 Å². The summed E-state index contributed by atoms with van der Waals surface area (Å²) in [7, 11) is 0. The van der Waals surface area contributed by atoms with Crippen molar-refractivity contribution in [3.63, 3.8) is 0 Å². The van der Waals surface area contributed by atoms with Gasteiger partial charge in [-0.25, -0.2) is 0 Å². The molecule has 0 rings (SSSR count). The fourth-order valence-electron chi connectivity index (χ4n) is 1.96. The van der Waals surface area contributed by atoms with Crippen LogP contribution in [0.1, 0.15) is 60.3 Å². The minimum Gasteiger partial charge on any atom is -0.304 e. The van der Waals surface area contributed by atoms with E-state index in [1.165, 1.54) is 45.3 Å². The largest absolute Gasteiger partial charge is 0.304 e. The van der Waals surface area contributed by atoms with E-state index in [1.807, 2.05) is 0 Å². The Hall–Kier alpha value is -0.0400. The lowest BCUT2D eigenvalue weighted by Crippen LogP contribution is -2.25. The SMILES string of the molecule is CCN(CC)CCC(C)CCCC(C)C. The van der Waals surface area contributed by atoms with Gasteiger partial charge in [-0.05, 0) is 37.9 Å². The summed E-state index contributed by atoms with van der Waals surface area (Å²) in [5, 5.41) is 0. The third-order valence-corrected chi connectivity index (χ3v) is 3.31. The first-order valence-electron chi connectivity index (χ1n) is 6.82. The summed E-state index contributed by atoms with van der Waals surface area (Å²) in [5.41, 5.74) is 0. The minimum atomic E-state index is 0.875. The molecule has 1 heteroatoms. The zero-order valence-electron chi connectivity index (χ0n) is 11.6. The molecule has 0 N–H and O–H groups in total. The summed E-state index contributed by atoms with van der Waals surface area (Å²) in [6, 6.07) is 0. The molecule has 0 spiro atoms. The highest BCUT2D eigenvalue weighted by Gasteiger charge is 2.05. The van der Waals surface area contributed by atoms with Crippen LogP contribution in [0.5, 0.6) is 0 Å². The van der Waals surface area contributed by atoms with E-state index in [-0.39, 0.29) is 0 Å². The molecule has 15 heavy (non-hydrogen) atoms. The van der Waals surface area contributed by atoms with Crippen molar-refractivity contribution in [1.82, 2.24) is 4.90 Å². The number of nitrogens with zero attached hydrogens (tertiary/aromatic N) is 1. The molecule has 0 saturated heterocycles. The Kier molecular flexibility index (Phi) is 9.18. The zero-order valence-corrected chi connectivity index (χ0v) is 11.6. The highest BCUT2D eigenvalue weighted by molar-refractivity contribution is 4.59. The number of rotatable bonds is 9. The van der Waals surface area contributed by atoms with E-state index in [9.17, 15) is 0 Å². The topological polar surface area (TPSA) is 3.24 Å². The Balaban J connectivity index is 3.43. The monoisotopic (exact) mass is 213 g/mol. The second kappa shape index (κ2) is 9.21. The van der Waals surface area contributed by atoms with E-state index < -0.39 is 0 Å². The number of hydrogen-bond donors (Lipinski definition) is 0. The Morgan fingerprint density at radius 1 is 0.867 bits per heavy atom. The van der Waals surface area contributed by atoms with Gasteiger partial charge in [0.25, 0.3) is 0 Å². The van der Waals surface area contributed by atoms with E-state index in [1.54, 1.807) is 0 Å². The van der Waals surface area contributed by atoms with Gasteiger partial charge in [0, 0.05) is 0 Å². The summed E-state index contributed by atoms with van der Waals surface area (Å²) in [6.45, 7) is 15.3. The van der Waals surface area contributed by atoms with Crippen LogP contribution in [0.2, 0.25) is 0 Å². The van der Waals surface area contributed by atoms with Gasteiger partial charge in [0.05, 0.1) is 0 Å². The second-order valence-electron chi connectivity index (χ2n) is 5.25. The third kappa shape index (κ3) is 8.92. The van der Waals surface area contributed by atoms with Crippen molar-refractivity contribution in [3.05, 3.63) is 0 Å². The van der Waals surface area contributed by atoms with Crippen LogP contribution in [-0.2, 0) is 0 Å². The van der Waals surface area contributed by atoms with Crippen molar-refractivity contribution in [2.24, 2.45) is 11.8 Å². The normalized spacial score (nSPS) is 13.8. The van der Waals surface area contributed by atoms with Crippen LogP contribution in [0, 0.1) is 11.8 Å². The van der Waals surface area contributed by atoms with Crippen molar-refractivity contribution in [2.75, 3.05) is 19.6 Å². The lowest BCUT2D eigenvalue weighted by molar-refractivity contribution is 0.273. The van der Waals surface area contributed by atoms with Gasteiger partial charge in [-0.1, -0.05) is 53.9 Å². The van der Waals surface area contributed by atoms with Crippen LogP contribution in [0.3, 0.4) is 0 Å². The molecule has 0 fully saturated rings. The van der Waals surface area contributed by atoms with E-state index >= 15 is 0 Å². The average molecular weight is 213 g/mol. The molecule has 1 unspecified atom stereocenters. The minimum absolute atomic E-state index is 0.875. The molecule has 0 aromatic carbocycles. The van der Waals surface area contributed by atoms with E-state index in [2.05, 4.69) is 39.5 Å². The maximum atomic E-state index is 2.53. The summed E-state index contributed by atoms with van der Waals surface area (Å²) >= 11 is 0. The molecule has 1 atom stereocenters. The van der Waals surface area contributed by atoms with Crippen LogP contribution < -0.4 is 0 Å². The van der Waals surface area contributed by atoms with Gasteiger partial charge < -0.3 is 4.90 Å². The fraction of sp³-hybridized carbons (Fsp3) is 1.00. The standard InChI is InChI=1S/C14H31N/c1-6-15(7-2)12-11-14(5)10-8-9-13(3)4/h13-14H,6-12H2,1-5H3. The molecule has 0 bridgehead atoms. The van der Waals surface area contributed by atoms with Crippen molar-refractivity contribution >= 4 is 0 Å². The van der Waals surface area contributed by atoms with Crippen LogP contribution in [0.4, 0.5) is 0 Å². The lowest BCUT2D eigenvalue weighted by atomic mass is 9.97. The summed E-state index contributed by atoms with van der Waals surface area (Å²) < 4.78 is 0. The molecule has 0 saturated carbocycles. The van der Waals surface area contributed by atoms with Crippen LogP contribution in [0.25, 0.3) is 0 Å². The summed E-state index contributed by atoms with van der Waals surface area (Å²) in [4.78, 5) is 2.53. The molecule has 0 aliphatic heterocycles. The van der Waals surface area contributed by atoms with E-state index in [0.717, 1.165) is 11.8 Å². The van der Waals surface area contributed by atoms with Gasteiger partial charge >= 0.3 is 0 Å². The molecule has 0 heterocycles. The molecular weight excluding hydrogens is 182 g/mol. The fourth-order valence-corrected chi connectivity index (χ4v) is 1.96. The maximum Gasteiger partial charge on any atom is -0.00164 e. The van der Waals surface area contributed by atoms with Crippen molar-refractivity contribution in [2.45, 2.75) is 60.3 Å². The third-order valence-electron chi connectivity index (χ3n) is 3.31. The molecule has 0 aromatic heterocycles. The van der Waals surface area contributed by atoms with Crippen LogP contribution >= 0.6 is 0 Å². The molecule has 0 aliphatic rings. The Bertz CT molecular complexity index is 127. The van der Waals surface area contributed by atoms with Gasteiger partial charge in [-0.3, -0.25) is 0 Å². The van der Waals surface area contributed by atoms with Crippen molar-refractivity contribution < 1.29 is 0 Å². The number of hydrogen-bond acceptors (Lipinski definition) is 1. The molecule has 0 aromatic rings. The van der Waals surface area contributed by atoms with Gasteiger partial charge in [-0.15, -0.1) is 0 Å². The van der Waals surface area contributed by atoms with Gasteiger partial charge in [0.1, 0.15) is 0 Å². The molecule has 0 aliphatic carbocycles. The van der Waals surface area contributed by atoms with Crippen LogP contribution in [0.15, 0.2) is 0 Å². The first-order valence-corrected chi connectivity index (χ1v) is 6.82. The maximum absolute atomic E-state index is 2.53. The predicted molar refractivity (Wildman–Crippen MR) is 70.3 cm³/mol. The molecular formula is C14H31N. The van der Waals surface area contributed by atoms with Crippen molar-refractivity contribution in [1.29, 1.82) is 0 Å². The molecule has 0 amide bonds. The smallest absolute Gasteiger partial charge is 0.00164 e. The zero-order chi connectivity index (χ0) is 11.7. The van der Waals surface area contributed by atoms with Gasteiger partial charge in [-0.2, -0.15) is 0 Å². The highest BCUT2D eigenvalue weighted by Crippen LogP contribution is 2.15. The Morgan fingerprint density at radius 2 is 1.47 bits per heavy atom. The predicted octanol–water partition coefficient (Wildman–Crippen LogP) is 4.18. The summed E-state index contributed by atoms with van der Waals surface area (Å²) in [6.07, 6.45) is 5.60. The average Bonchev–Trinajstić information content (AvgIpc) is 2.18. The van der Waals surface area contributed by atoms with E-state index in [4.69, 9.17) is 0 Å².